The second kappa shape index (κ2) is 6.81. The van der Waals surface area contributed by atoms with Gasteiger partial charge in [-0.2, -0.15) is 0 Å². The minimum Gasteiger partial charge on any atom is -0.478 e. The largest absolute Gasteiger partial charge is 0.478 e. The summed E-state index contributed by atoms with van der Waals surface area (Å²) in [7, 11) is 0. The number of hydrogen-bond acceptors (Lipinski definition) is 3. The zero-order valence-electron chi connectivity index (χ0n) is 10.9. The van der Waals surface area contributed by atoms with Crippen molar-refractivity contribution in [3.8, 4) is 0 Å². The van der Waals surface area contributed by atoms with Crippen LogP contribution in [0.5, 0.6) is 0 Å². The first kappa shape index (κ1) is 14.9. The highest BCUT2D eigenvalue weighted by Crippen LogP contribution is 2.18. The number of aliphatic carboxylic acids is 1. The molecule has 2 rings (SSSR count). The summed E-state index contributed by atoms with van der Waals surface area (Å²) >= 11 is 1.42. The van der Waals surface area contributed by atoms with Gasteiger partial charge in [0, 0.05) is 16.5 Å². The molecule has 2 aromatic rings. The maximum Gasteiger partial charge on any atom is 0.328 e. The van der Waals surface area contributed by atoms with Gasteiger partial charge >= 0.3 is 5.97 Å². The summed E-state index contributed by atoms with van der Waals surface area (Å²) in [4.78, 5) is 23.2. The Labute approximate surface area is 124 Å². The molecule has 6 heteroatoms. The van der Waals surface area contributed by atoms with Gasteiger partial charge in [-0.25, -0.2) is 9.18 Å². The highest BCUT2D eigenvalue weighted by molar-refractivity contribution is 7.10. The van der Waals surface area contributed by atoms with Crippen LogP contribution in [0.15, 0.2) is 41.8 Å². The number of hydrogen-bond donors (Lipinski definition) is 2. The summed E-state index contributed by atoms with van der Waals surface area (Å²) in [6, 6.07) is 7.04. The number of nitrogens with one attached hydrogen (secondary N) is 1. The number of carbonyl (C=O) groups excluding carboxylic acids is 1. The number of thiophene rings is 1. The fourth-order valence-corrected chi connectivity index (χ4v) is 2.47. The van der Waals surface area contributed by atoms with Gasteiger partial charge in [-0.1, -0.05) is 0 Å². The molecule has 0 radical (unpaired) electrons. The number of carboxylic acids is 1. The van der Waals surface area contributed by atoms with Crippen molar-refractivity contribution in [3.05, 3.63) is 63.6 Å². The number of carboxylic acid groups (broad SMARTS) is 1. The zero-order valence-corrected chi connectivity index (χ0v) is 11.7. The molecule has 2 N–H and O–H groups in total. The highest BCUT2D eigenvalue weighted by Gasteiger charge is 2.07. The van der Waals surface area contributed by atoms with Gasteiger partial charge in [-0.3, -0.25) is 4.79 Å². The monoisotopic (exact) mass is 305 g/mol. The molecule has 0 aliphatic heterocycles. The second-order valence-corrected chi connectivity index (χ2v) is 5.16. The molecule has 0 spiro atoms. The van der Waals surface area contributed by atoms with E-state index in [9.17, 15) is 14.0 Å². The topological polar surface area (TPSA) is 66.4 Å². The van der Waals surface area contributed by atoms with E-state index >= 15 is 0 Å². The molecule has 0 aliphatic carbocycles. The van der Waals surface area contributed by atoms with Gasteiger partial charge in [0.05, 0.1) is 6.54 Å². The Morgan fingerprint density at radius 1 is 1.24 bits per heavy atom. The van der Waals surface area contributed by atoms with E-state index in [0.717, 1.165) is 16.5 Å². The number of benzene rings is 1. The van der Waals surface area contributed by atoms with Crippen LogP contribution in [0.2, 0.25) is 0 Å². The summed E-state index contributed by atoms with van der Waals surface area (Å²) < 4.78 is 12.8. The zero-order chi connectivity index (χ0) is 15.2. The van der Waals surface area contributed by atoms with E-state index in [-0.39, 0.29) is 12.5 Å². The fraction of sp³-hybridized carbons (Fsp3) is 0.0667. The normalized spacial score (nSPS) is 10.7. The molecule has 21 heavy (non-hydrogen) atoms. The van der Waals surface area contributed by atoms with E-state index in [0.29, 0.717) is 5.56 Å². The molecule has 1 aromatic carbocycles. The lowest BCUT2D eigenvalue weighted by molar-refractivity contribution is -0.131. The molecule has 1 heterocycles. The van der Waals surface area contributed by atoms with Crippen molar-refractivity contribution in [2.75, 3.05) is 0 Å². The second-order valence-electron chi connectivity index (χ2n) is 4.16. The predicted octanol–water partition coefficient (Wildman–Crippen LogP) is 2.92. The number of carbonyl (C=O) groups is 2. The average molecular weight is 305 g/mol. The van der Waals surface area contributed by atoms with E-state index in [4.69, 9.17) is 5.11 Å². The Bertz CT molecular complexity index is 676. The van der Waals surface area contributed by atoms with Crippen LogP contribution < -0.4 is 5.32 Å². The summed E-state index contributed by atoms with van der Waals surface area (Å²) in [5, 5.41) is 13.1. The first-order valence-electron chi connectivity index (χ1n) is 6.07. The van der Waals surface area contributed by atoms with E-state index < -0.39 is 11.8 Å². The smallest absolute Gasteiger partial charge is 0.328 e. The Morgan fingerprint density at radius 3 is 2.62 bits per heavy atom. The van der Waals surface area contributed by atoms with Crippen LogP contribution in [0, 0.1) is 5.82 Å². The average Bonchev–Trinajstić information content (AvgIpc) is 2.90. The standard InChI is InChI=1S/C15H12FNO3S/c16-12-4-1-11(2-5-12)15(20)17-9-13-10(7-8-21-13)3-6-14(18)19/h1-8H,9H2,(H,17,20)(H,18,19)/b6-3+. The quantitative estimate of drug-likeness (QED) is 0.835. The van der Waals surface area contributed by atoms with E-state index in [1.807, 2.05) is 5.38 Å². The van der Waals surface area contributed by atoms with E-state index in [1.54, 1.807) is 6.07 Å². The molecule has 0 unspecified atom stereocenters. The van der Waals surface area contributed by atoms with Crippen LogP contribution in [0.25, 0.3) is 6.08 Å². The molecule has 1 aromatic heterocycles. The van der Waals surface area contributed by atoms with Crippen molar-refractivity contribution in [1.82, 2.24) is 5.32 Å². The molecular formula is C15H12FNO3S. The summed E-state index contributed by atoms with van der Waals surface area (Å²) in [6.45, 7) is 0.285. The lowest BCUT2D eigenvalue weighted by atomic mass is 10.2. The maximum absolute atomic E-state index is 12.8. The third-order valence-corrected chi connectivity index (χ3v) is 3.64. The minimum absolute atomic E-state index is 0.285. The molecule has 0 atom stereocenters. The van der Waals surface area contributed by atoms with Gasteiger partial charge in [-0.05, 0) is 47.4 Å². The predicted molar refractivity (Wildman–Crippen MR) is 78.6 cm³/mol. The Morgan fingerprint density at radius 2 is 1.95 bits per heavy atom. The lowest BCUT2D eigenvalue weighted by Gasteiger charge is -2.05. The van der Waals surface area contributed by atoms with Crippen LogP contribution in [-0.4, -0.2) is 17.0 Å². The molecule has 4 nitrogen and oxygen atoms in total. The molecule has 1 amide bonds. The first-order valence-corrected chi connectivity index (χ1v) is 6.95. The number of amides is 1. The third kappa shape index (κ3) is 4.25. The van der Waals surface area contributed by atoms with Gasteiger partial charge in [0.25, 0.3) is 5.91 Å². The van der Waals surface area contributed by atoms with E-state index in [2.05, 4.69) is 5.32 Å². The van der Waals surface area contributed by atoms with Gasteiger partial charge in [0.15, 0.2) is 0 Å². The van der Waals surface area contributed by atoms with Gasteiger partial charge < -0.3 is 10.4 Å². The minimum atomic E-state index is -1.03. The maximum atomic E-state index is 12.8. The molecule has 0 fully saturated rings. The van der Waals surface area contributed by atoms with Crippen molar-refractivity contribution >= 4 is 29.3 Å². The Balaban J connectivity index is 2.00. The molecule has 108 valence electrons. The van der Waals surface area contributed by atoms with Crippen molar-refractivity contribution in [1.29, 1.82) is 0 Å². The molecule has 0 bridgehead atoms. The van der Waals surface area contributed by atoms with Gasteiger partial charge in [-0.15, -0.1) is 11.3 Å². The summed E-state index contributed by atoms with van der Waals surface area (Å²) in [5.74, 6) is -1.73. The van der Waals surface area contributed by atoms with Gasteiger partial charge in [0.2, 0.25) is 0 Å². The Kier molecular flexibility index (Phi) is 4.84. The molecule has 0 saturated carbocycles. The third-order valence-electron chi connectivity index (χ3n) is 2.70. The molecule has 0 aliphatic rings. The van der Waals surface area contributed by atoms with E-state index in [1.165, 1.54) is 41.7 Å². The van der Waals surface area contributed by atoms with Crippen LogP contribution in [0.3, 0.4) is 0 Å². The highest BCUT2D eigenvalue weighted by atomic mass is 32.1. The number of halogens is 1. The molecule has 0 saturated heterocycles. The summed E-state index contributed by atoms with van der Waals surface area (Å²) in [6.07, 6.45) is 2.53. The lowest BCUT2D eigenvalue weighted by Crippen LogP contribution is -2.22. The van der Waals surface area contributed by atoms with Crippen molar-refractivity contribution in [2.24, 2.45) is 0 Å². The van der Waals surface area contributed by atoms with Crippen LogP contribution in [0.4, 0.5) is 4.39 Å². The summed E-state index contributed by atoms with van der Waals surface area (Å²) in [5.41, 5.74) is 1.12. The Hall–Kier alpha value is -2.47. The van der Waals surface area contributed by atoms with Crippen molar-refractivity contribution in [3.63, 3.8) is 0 Å². The first-order chi connectivity index (χ1) is 10.1. The van der Waals surface area contributed by atoms with Crippen LogP contribution in [0.1, 0.15) is 20.8 Å². The van der Waals surface area contributed by atoms with Crippen molar-refractivity contribution in [2.45, 2.75) is 6.54 Å². The van der Waals surface area contributed by atoms with Crippen LogP contribution >= 0.6 is 11.3 Å². The van der Waals surface area contributed by atoms with Gasteiger partial charge in [0.1, 0.15) is 5.82 Å². The molecular weight excluding hydrogens is 293 g/mol. The van der Waals surface area contributed by atoms with Crippen molar-refractivity contribution < 1.29 is 19.1 Å². The van der Waals surface area contributed by atoms with Crippen LogP contribution in [-0.2, 0) is 11.3 Å². The SMILES string of the molecule is O=C(O)/C=C/c1ccsc1CNC(=O)c1ccc(F)cc1. The fourth-order valence-electron chi connectivity index (χ4n) is 1.67. The number of rotatable bonds is 5.